The van der Waals surface area contributed by atoms with Gasteiger partial charge in [-0.15, -0.1) is 0 Å². The van der Waals surface area contributed by atoms with E-state index in [0.717, 1.165) is 5.56 Å². The van der Waals surface area contributed by atoms with E-state index in [0.29, 0.717) is 33.0 Å². The standard InChI is InChI=1S/C29H28N2O7S/c1-6-14-37-21-11-8-19(9-12-21)15-24-27(33)31-26(20-10-13-22(38-18(4)32)23(16-20)35-5)25(28(34)36-7-2)17(3)30-29(31)39-24/h6,8-13,15-16,26H,1,7,14H2,2-5H3/b24-15+. The lowest BCUT2D eigenvalue weighted by Crippen LogP contribution is -2.40. The van der Waals surface area contributed by atoms with Gasteiger partial charge in [0, 0.05) is 6.92 Å². The highest BCUT2D eigenvalue weighted by molar-refractivity contribution is 7.07. The Balaban J connectivity index is 1.87. The number of esters is 2. The average Bonchev–Trinajstić information content (AvgIpc) is 3.21. The van der Waals surface area contributed by atoms with Crippen LogP contribution in [-0.2, 0) is 14.3 Å². The fraction of sp³-hybridized carbons (Fsp3) is 0.241. The second-order valence-electron chi connectivity index (χ2n) is 8.47. The minimum absolute atomic E-state index is 0.161. The molecule has 0 aliphatic carbocycles. The normalized spacial score (nSPS) is 14.8. The highest BCUT2D eigenvalue weighted by Gasteiger charge is 2.34. The van der Waals surface area contributed by atoms with Crippen molar-refractivity contribution in [2.24, 2.45) is 4.99 Å². The molecule has 1 aliphatic heterocycles. The topological polar surface area (TPSA) is 105 Å². The second-order valence-corrected chi connectivity index (χ2v) is 9.48. The number of ether oxygens (including phenoxy) is 4. The number of nitrogens with zero attached hydrogens (tertiary/aromatic N) is 2. The monoisotopic (exact) mass is 548 g/mol. The second kappa shape index (κ2) is 12.0. The summed E-state index contributed by atoms with van der Waals surface area (Å²) in [5, 5.41) is 0. The van der Waals surface area contributed by atoms with E-state index in [4.69, 9.17) is 18.9 Å². The van der Waals surface area contributed by atoms with Gasteiger partial charge in [-0.3, -0.25) is 14.2 Å². The Morgan fingerprint density at radius 1 is 1.15 bits per heavy atom. The fourth-order valence-electron chi connectivity index (χ4n) is 4.17. The van der Waals surface area contributed by atoms with Gasteiger partial charge in [-0.2, -0.15) is 0 Å². The lowest BCUT2D eigenvalue weighted by molar-refractivity contribution is -0.139. The number of rotatable bonds is 9. The van der Waals surface area contributed by atoms with Gasteiger partial charge < -0.3 is 18.9 Å². The van der Waals surface area contributed by atoms with Crippen molar-refractivity contribution in [1.29, 1.82) is 0 Å². The number of benzene rings is 2. The third kappa shape index (κ3) is 5.85. The van der Waals surface area contributed by atoms with E-state index in [1.54, 1.807) is 44.2 Å². The summed E-state index contributed by atoms with van der Waals surface area (Å²) in [6, 6.07) is 11.4. The van der Waals surface area contributed by atoms with Gasteiger partial charge in [0.1, 0.15) is 12.4 Å². The van der Waals surface area contributed by atoms with Gasteiger partial charge >= 0.3 is 11.9 Å². The first-order valence-corrected chi connectivity index (χ1v) is 13.0. The first kappa shape index (κ1) is 27.6. The maximum Gasteiger partial charge on any atom is 0.338 e. The van der Waals surface area contributed by atoms with Gasteiger partial charge in [0.05, 0.1) is 35.6 Å². The van der Waals surface area contributed by atoms with E-state index >= 15 is 0 Å². The fourth-order valence-corrected chi connectivity index (χ4v) is 5.21. The number of carbonyl (C=O) groups is 2. The van der Waals surface area contributed by atoms with Gasteiger partial charge in [-0.25, -0.2) is 9.79 Å². The number of aromatic nitrogens is 1. The molecule has 1 atom stereocenters. The van der Waals surface area contributed by atoms with Crippen molar-refractivity contribution in [1.82, 2.24) is 4.57 Å². The molecule has 4 rings (SSSR count). The summed E-state index contributed by atoms with van der Waals surface area (Å²) in [6.07, 6.45) is 3.43. The van der Waals surface area contributed by atoms with Crippen LogP contribution in [0.3, 0.4) is 0 Å². The van der Waals surface area contributed by atoms with E-state index in [1.165, 1.54) is 29.9 Å². The van der Waals surface area contributed by atoms with Crippen molar-refractivity contribution in [2.45, 2.75) is 26.8 Å². The quantitative estimate of drug-likeness (QED) is 0.230. The van der Waals surface area contributed by atoms with Gasteiger partial charge in [-0.05, 0) is 55.3 Å². The molecule has 1 aliphatic rings. The van der Waals surface area contributed by atoms with Gasteiger partial charge in [-0.1, -0.05) is 42.2 Å². The Kier molecular flexibility index (Phi) is 8.46. The molecular formula is C29H28N2O7S. The molecule has 39 heavy (non-hydrogen) atoms. The number of hydrogen-bond donors (Lipinski definition) is 0. The molecule has 0 amide bonds. The van der Waals surface area contributed by atoms with Crippen molar-refractivity contribution in [3.05, 3.63) is 97.2 Å². The van der Waals surface area contributed by atoms with E-state index in [2.05, 4.69) is 11.6 Å². The zero-order chi connectivity index (χ0) is 28.1. The Morgan fingerprint density at radius 3 is 2.54 bits per heavy atom. The third-order valence-corrected chi connectivity index (χ3v) is 6.80. The first-order valence-electron chi connectivity index (χ1n) is 12.2. The molecule has 2 heterocycles. The van der Waals surface area contributed by atoms with Crippen molar-refractivity contribution in [2.75, 3.05) is 20.3 Å². The molecule has 202 valence electrons. The molecule has 0 spiro atoms. The Bertz CT molecular complexity index is 1630. The Hall–Kier alpha value is -4.44. The molecule has 0 fully saturated rings. The highest BCUT2D eigenvalue weighted by Crippen LogP contribution is 2.36. The number of thiazole rings is 1. The molecule has 10 heteroatoms. The summed E-state index contributed by atoms with van der Waals surface area (Å²) in [6.45, 7) is 8.91. The van der Waals surface area contributed by atoms with E-state index in [9.17, 15) is 14.4 Å². The molecule has 1 unspecified atom stereocenters. The van der Waals surface area contributed by atoms with Gasteiger partial charge in [0.25, 0.3) is 5.56 Å². The Labute approximate surface area is 228 Å². The lowest BCUT2D eigenvalue weighted by Gasteiger charge is -2.25. The molecule has 0 radical (unpaired) electrons. The number of allylic oxidation sites excluding steroid dienone is 1. The van der Waals surface area contributed by atoms with Crippen LogP contribution in [-0.4, -0.2) is 36.8 Å². The SMILES string of the molecule is C=CCOc1ccc(/C=c2/sc3n(c2=O)C(c2ccc(OC(C)=O)c(OC)c2)C(C(=O)OCC)=C(C)N=3)cc1. The molecule has 3 aromatic rings. The van der Waals surface area contributed by atoms with Crippen LogP contribution in [0.2, 0.25) is 0 Å². The highest BCUT2D eigenvalue weighted by atomic mass is 32.1. The van der Waals surface area contributed by atoms with Crippen LogP contribution >= 0.6 is 11.3 Å². The predicted molar refractivity (Wildman–Crippen MR) is 147 cm³/mol. The van der Waals surface area contributed by atoms with Crippen molar-refractivity contribution >= 4 is 29.4 Å². The molecule has 1 aromatic heterocycles. The molecule has 0 saturated carbocycles. The van der Waals surface area contributed by atoms with Crippen molar-refractivity contribution < 1.29 is 28.5 Å². The Morgan fingerprint density at radius 2 is 1.90 bits per heavy atom. The molecule has 0 bridgehead atoms. The summed E-state index contributed by atoms with van der Waals surface area (Å²) in [7, 11) is 1.44. The van der Waals surface area contributed by atoms with E-state index in [1.807, 2.05) is 24.3 Å². The van der Waals surface area contributed by atoms with Crippen LogP contribution in [0, 0.1) is 0 Å². The third-order valence-electron chi connectivity index (χ3n) is 5.82. The van der Waals surface area contributed by atoms with Crippen LogP contribution in [0.1, 0.15) is 37.9 Å². The zero-order valence-corrected chi connectivity index (χ0v) is 22.9. The number of fused-ring (bicyclic) bond motifs is 1. The average molecular weight is 549 g/mol. The summed E-state index contributed by atoms with van der Waals surface area (Å²) in [4.78, 5) is 43.4. The minimum Gasteiger partial charge on any atom is -0.493 e. The summed E-state index contributed by atoms with van der Waals surface area (Å²) >= 11 is 1.22. The van der Waals surface area contributed by atoms with E-state index in [-0.39, 0.29) is 29.2 Å². The van der Waals surface area contributed by atoms with E-state index < -0.39 is 18.0 Å². The molecular weight excluding hydrogens is 520 g/mol. The predicted octanol–water partition coefficient (Wildman–Crippen LogP) is 3.30. The van der Waals surface area contributed by atoms with Crippen molar-refractivity contribution in [3.8, 4) is 17.2 Å². The van der Waals surface area contributed by atoms with Crippen molar-refractivity contribution in [3.63, 3.8) is 0 Å². The molecule has 2 aromatic carbocycles. The largest absolute Gasteiger partial charge is 0.493 e. The van der Waals surface area contributed by atoms with Crippen LogP contribution in [0.4, 0.5) is 0 Å². The summed E-state index contributed by atoms with van der Waals surface area (Å²) in [5.74, 6) is 0.115. The smallest absolute Gasteiger partial charge is 0.338 e. The maximum absolute atomic E-state index is 13.8. The molecule has 0 N–H and O–H groups in total. The first-order chi connectivity index (χ1) is 18.8. The number of methoxy groups -OCH3 is 1. The lowest BCUT2D eigenvalue weighted by atomic mass is 9.95. The molecule has 9 nitrogen and oxygen atoms in total. The minimum atomic E-state index is -0.836. The van der Waals surface area contributed by atoms with Crippen LogP contribution in [0.15, 0.2) is 76.2 Å². The van der Waals surface area contributed by atoms with Gasteiger partial charge in [0.2, 0.25) is 0 Å². The summed E-state index contributed by atoms with van der Waals surface area (Å²) < 4.78 is 23.5. The van der Waals surface area contributed by atoms with Gasteiger partial charge in [0.15, 0.2) is 16.3 Å². The number of hydrogen-bond acceptors (Lipinski definition) is 9. The van der Waals surface area contributed by atoms with Crippen LogP contribution in [0.5, 0.6) is 17.2 Å². The van der Waals surface area contributed by atoms with Crippen LogP contribution in [0.25, 0.3) is 6.08 Å². The zero-order valence-electron chi connectivity index (χ0n) is 22.1. The number of carbonyl (C=O) groups excluding carboxylic acids is 2. The molecule has 0 saturated heterocycles. The summed E-state index contributed by atoms with van der Waals surface area (Å²) in [5.41, 5.74) is 1.74. The van der Waals surface area contributed by atoms with Crippen LogP contribution < -0.4 is 29.1 Å². The maximum atomic E-state index is 13.8.